The Morgan fingerprint density at radius 2 is 1.71 bits per heavy atom. The molecule has 1 aliphatic heterocycles. The molecule has 1 fully saturated rings. The zero-order chi connectivity index (χ0) is 24.1. The molecule has 0 bridgehead atoms. The topological polar surface area (TPSA) is 95.7 Å². The Balaban J connectivity index is 0.00000180. The fourth-order valence-electron chi connectivity index (χ4n) is 4.69. The molecule has 1 saturated carbocycles. The van der Waals surface area contributed by atoms with Crippen LogP contribution in [0.5, 0.6) is 11.5 Å². The molecule has 3 aromatic rings. The average Bonchev–Trinajstić information content (AvgIpc) is 3.49. The Kier molecular flexibility index (Phi) is 5.49. The van der Waals surface area contributed by atoms with Crippen molar-refractivity contribution in [3.8, 4) is 22.6 Å². The van der Waals surface area contributed by atoms with E-state index in [4.69, 9.17) is 14.6 Å². The highest BCUT2D eigenvalue weighted by Gasteiger charge is 2.50. The molecule has 34 heavy (non-hydrogen) atoms. The third kappa shape index (κ3) is 4.10. The molecule has 1 heterocycles. The molecule has 0 aromatic heterocycles. The number of carbonyl (C=O) groups is 1. The van der Waals surface area contributed by atoms with Crippen LogP contribution < -0.4 is 14.6 Å². The summed E-state index contributed by atoms with van der Waals surface area (Å²) in [5.74, 6) is 1.87. The van der Waals surface area contributed by atoms with Crippen molar-refractivity contribution in [2.45, 2.75) is 49.3 Å². The predicted octanol–water partition coefficient (Wildman–Crippen LogP) is 5.19. The second kappa shape index (κ2) is 8.25. The van der Waals surface area contributed by atoms with Crippen molar-refractivity contribution >= 4 is 15.8 Å². The molecule has 180 valence electrons. The maximum atomic E-state index is 13.5. The lowest BCUT2D eigenvalue weighted by atomic mass is 9.85. The lowest BCUT2D eigenvalue weighted by Gasteiger charge is -2.18. The quantitative estimate of drug-likeness (QED) is 0.501. The van der Waals surface area contributed by atoms with Crippen LogP contribution in [0.1, 0.15) is 52.2 Å². The molecule has 1 aliphatic carbocycles. The third-order valence-corrected chi connectivity index (χ3v) is 7.74. The van der Waals surface area contributed by atoms with Gasteiger partial charge in [0.05, 0.1) is 10.3 Å². The molecule has 5 rings (SSSR count). The summed E-state index contributed by atoms with van der Waals surface area (Å²) in [4.78, 5) is 13.5. The monoisotopic (exact) mass is 481 g/mol. The number of ketones is 1. The van der Waals surface area contributed by atoms with Gasteiger partial charge in [-0.05, 0) is 70.8 Å². The van der Waals surface area contributed by atoms with Gasteiger partial charge >= 0.3 is 0 Å². The van der Waals surface area contributed by atoms with Crippen LogP contribution in [0.4, 0.5) is 0 Å². The van der Waals surface area contributed by atoms with Gasteiger partial charge in [-0.15, -0.1) is 0 Å². The summed E-state index contributed by atoms with van der Waals surface area (Å²) in [7, 11) is -3.75. The Labute approximate surface area is 202 Å². The molecular weight excluding hydrogens is 450 g/mol. The van der Waals surface area contributed by atoms with Gasteiger partial charge < -0.3 is 9.47 Å². The Hall–Kier alpha value is -3.16. The van der Waals surface area contributed by atoms with Crippen molar-refractivity contribution in [3.63, 3.8) is 0 Å². The van der Waals surface area contributed by atoms with Crippen LogP contribution in [0, 0.1) is 0 Å². The minimum Gasteiger partial charge on any atom is -0.454 e. The zero-order valence-electron chi connectivity index (χ0n) is 19.2. The molecule has 0 amide bonds. The summed E-state index contributed by atoms with van der Waals surface area (Å²) < 4.78 is 34.2. The number of sulfonamides is 1. The number of fused-ring (bicyclic) bond motifs is 1. The van der Waals surface area contributed by atoms with E-state index in [0.29, 0.717) is 12.2 Å². The highest BCUT2D eigenvalue weighted by atomic mass is 32.2. The fourth-order valence-corrected chi connectivity index (χ4v) is 5.21. The predicted molar refractivity (Wildman–Crippen MR) is 134 cm³/mol. The number of benzene rings is 3. The van der Waals surface area contributed by atoms with Gasteiger partial charge in [-0.2, -0.15) is 0 Å². The molecule has 2 aliphatic rings. The van der Waals surface area contributed by atoms with Crippen molar-refractivity contribution in [2.75, 3.05) is 6.79 Å². The number of rotatable bonds is 7. The van der Waals surface area contributed by atoms with Crippen LogP contribution >= 0.6 is 0 Å². The summed E-state index contributed by atoms with van der Waals surface area (Å²) in [5.41, 5.74) is 4.48. The van der Waals surface area contributed by atoms with Gasteiger partial charge in [-0.25, -0.2) is 13.6 Å². The highest BCUT2D eigenvalue weighted by Crippen LogP contribution is 2.51. The van der Waals surface area contributed by atoms with Crippen LogP contribution in [0.2, 0.25) is 0 Å². The lowest BCUT2D eigenvalue weighted by molar-refractivity contribution is -0.120. The fraction of sp³-hybridized carbons (Fsp3) is 0.296. The maximum absolute atomic E-state index is 13.5. The van der Waals surface area contributed by atoms with Gasteiger partial charge in [0.15, 0.2) is 11.5 Å². The van der Waals surface area contributed by atoms with Crippen LogP contribution in [0.3, 0.4) is 0 Å². The second-order valence-electron chi connectivity index (χ2n) is 9.40. The Morgan fingerprint density at radius 3 is 2.35 bits per heavy atom. The van der Waals surface area contributed by atoms with Crippen molar-refractivity contribution in [2.24, 2.45) is 5.14 Å². The maximum Gasteiger partial charge on any atom is 0.238 e. The van der Waals surface area contributed by atoms with E-state index < -0.39 is 15.4 Å². The highest BCUT2D eigenvalue weighted by molar-refractivity contribution is 7.89. The van der Waals surface area contributed by atoms with E-state index in [9.17, 15) is 13.2 Å². The van der Waals surface area contributed by atoms with Gasteiger partial charge in [0.25, 0.3) is 0 Å². The standard InChI is InChI=1S/C27H27NO5S.2H2/c1-17(2)22-9-3-18(13-23(22)19-4-7-21(8-5-19)34(28,30)31)14-26(29)27(11-12-27)20-6-10-24-25(15-20)33-16-32-24;;/h3-10,13,15,17H,11-12,14,16H2,1-2H3,(H2,28,30,31);2*1H. The van der Waals surface area contributed by atoms with Crippen molar-refractivity contribution in [1.29, 1.82) is 0 Å². The van der Waals surface area contributed by atoms with E-state index in [1.54, 1.807) is 12.1 Å². The summed E-state index contributed by atoms with van der Waals surface area (Å²) in [6.07, 6.45) is 1.99. The van der Waals surface area contributed by atoms with E-state index >= 15 is 0 Å². The number of hydrogen-bond acceptors (Lipinski definition) is 5. The molecule has 0 spiro atoms. The van der Waals surface area contributed by atoms with E-state index in [1.807, 2.05) is 24.3 Å². The van der Waals surface area contributed by atoms with Gasteiger partial charge in [-0.1, -0.05) is 50.2 Å². The number of nitrogens with two attached hydrogens (primary N) is 1. The minimum absolute atomic E-state index is 0. The number of primary sulfonamides is 1. The first kappa shape index (κ1) is 22.6. The molecule has 0 saturated heterocycles. The van der Waals surface area contributed by atoms with Gasteiger partial charge in [0, 0.05) is 9.27 Å². The molecule has 0 unspecified atom stereocenters. The van der Waals surface area contributed by atoms with Crippen molar-refractivity contribution in [1.82, 2.24) is 0 Å². The van der Waals surface area contributed by atoms with Crippen LogP contribution in [-0.4, -0.2) is 21.0 Å². The van der Waals surface area contributed by atoms with Crippen molar-refractivity contribution in [3.05, 3.63) is 77.4 Å². The SMILES string of the molecule is CC(C)c1ccc(CC(=O)C2(c3ccc4c(c3)OCO4)CC2)cc1-c1ccc(S(N)(=O)=O)cc1.[HH].[HH]. The molecular formula is C27H31NO5S. The van der Waals surface area contributed by atoms with E-state index in [2.05, 4.69) is 26.0 Å². The van der Waals surface area contributed by atoms with Gasteiger partial charge in [0.1, 0.15) is 5.78 Å². The van der Waals surface area contributed by atoms with Crippen LogP contribution in [-0.2, 0) is 26.7 Å². The van der Waals surface area contributed by atoms with Crippen LogP contribution in [0.25, 0.3) is 11.1 Å². The Bertz CT molecular complexity index is 1380. The Morgan fingerprint density at radius 1 is 1.00 bits per heavy atom. The van der Waals surface area contributed by atoms with Crippen molar-refractivity contribution < 1.29 is 25.5 Å². The third-order valence-electron chi connectivity index (χ3n) is 6.81. The molecule has 2 N–H and O–H groups in total. The smallest absolute Gasteiger partial charge is 0.238 e. The minimum atomic E-state index is -3.75. The normalized spacial score (nSPS) is 16.0. The summed E-state index contributed by atoms with van der Waals surface area (Å²) in [6.45, 7) is 4.44. The van der Waals surface area contributed by atoms with E-state index in [-0.39, 0.29) is 26.2 Å². The number of Topliss-reactive ketones (excluding diaryl/α,β-unsaturated/α-hetero) is 1. The average molecular weight is 482 g/mol. The zero-order valence-corrected chi connectivity index (χ0v) is 20.0. The van der Waals surface area contributed by atoms with Gasteiger partial charge in [0.2, 0.25) is 16.8 Å². The summed E-state index contributed by atoms with van der Waals surface area (Å²) in [6, 6.07) is 18.5. The van der Waals surface area contributed by atoms with E-state index in [1.165, 1.54) is 12.1 Å². The van der Waals surface area contributed by atoms with Crippen LogP contribution in [0.15, 0.2) is 65.6 Å². The summed E-state index contributed by atoms with van der Waals surface area (Å²) in [5, 5.41) is 5.25. The number of ether oxygens (including phenoxy) is 2. The first-order valence-electron chi connectivity index (χ1n) is 11.4. The molecule has 7 heteroatoms. The number of carbonyl (C=O) groups excluding carboxylic acids is 1. The largest absolute Gasteiger partial charge is 0.454 e. The molecule has 0 atom stereocenters. The first-order valence-corrected chi connectivity index (χ1v) is 12.9. The molecule has 0 radical (unpaired) electrons. The second-order valence-corrected chi connectivity index (χ2v) is 11.0. The molecule has 6 nitrogen and oxygen atoms in total. The summed E-state index contributed by atoms with van der Waals surface area (Å²) >= 11 is 0. The first-order chi connectivity index (χ1) is 16.2. The number of hydrogen-bond donors (Lipinski definition) is 1. The van der Waals surface area contributed by atoms with E-state index in [0.717, 1.165) is 46.4 Å². The molecule has 3 aromatic carbocycles. The van der Waals surface area contributed by atoms with Gasteiger partial charge in [-0.3, -0.25) is 4.79 Å². The lowest BCUT2D eigenvalue weighted by Crippen LogP contribution is -2.22.